The van der Waals surface area contributed by atoms with Gasteiger partial charge in [0.25, 0.3) is 0 Å². The van der Waals surface area contributed by atoms with Crippen LogP contribution < -0.4 is 10.5 Å². The van der Waals surface area contributed by atoms with Crippen molar-refractivity contribution in [2.24, 2.45) is 0 Å². The smallest absolute Gasteiger partial charge is 0.351 e. The molecule has 4 atom stereocenters. The average Bonchev–Trinajstić information content (AvgIpc) is 2.61. The van der Waals surface area contributed by atoms with Crippen LogP contribution in [0.4, 0.5) is 5.82 Å². The number of ether oxygens (including phenoxy) is 1. The van der Waals surface area contributed by atoms with E-state index in [9.17, 15) is 15.0 Å². The van der Waals surface area contributed by atoms with E-state index in [0.717, 1.165) is 4.57 Å². The number of aliphatic hydroxyl groups excluding tert-OH is 2. The normalized spacial score (nSPS) is 34.5. The van der Waals surface area contributed by atoms with Crippen LogP contribution in [0.1, 0.15) is 13.2 Å². The first-order chi connectivity index (χ1) is 8.91. The Kier molecular flexibility index (Phi) is 3.79. The van der Waals surface area contributed by atoms with Crippen LogP contribution in [-0.4, -0.2) is 49.3 Å². The third-order valence-electron chi connectivity index (χ3n) is 3.11. The summed E-state index contributed by atoms with van der Waals surface area (Å²) < 4.78 is 6.32. The van der Waals surface area contributed by atoms with Crippen LogP contribution in [0.5, 0.6) is 0 Å². The maximum absolute atomic E-state index is 11.8. The zero-order valence-corrected chi connectivity index (χ0v) is 10.8. The second-order valence-electron chi connectivity index (χ2n) is 4.48. The van der Waals surface area contributed by atoms with Gasteiger partial charge in [0, 0.05) is 18.0 Å². The fraction of sp³-hybridized carbons (Fsp3) is 0.600. The van der Waals surface area contributed by atoms with Crippen molar-refractivity contribution in [2.75, 3.05) is 11.4 Å². The van der Waals surface area contributed by atoms with Crippen molar-refractivity contribution < 1.29 is 20.1 Å². The lowest BCUT2D eigenvalue weighted by molar-refractivity contribution is -0.0986. The molecule has 1 aliphatic rings. The molecular formula is C10H14ClN3O5. The highest BCUT2D eigenvalue weighted by molar-refractivity contribution is 6.23. The molecule has 2 heterocycles. The summed E-state index contributed by atoms with van der Waals surface area (Å²) in [6, 6.07) is 1.41. The molecule has 0 saturated carbocycles. The molecule has 8 nitrogen and oxygen atoms in total. The molecule has 2 unspecified atom stereocenters. The van der Waals surface area contributed by atoms with E-state index in [1.807, 2.05) is 0 Å². The lowest BCUT2D eigenvalue weighted by atomic mass is 9.96. The van der Waals surface area contributed by atoms with Gasteiger partial charge in [-0.3, -0.25) is 9.40 Å². The molecule has 0 aliphatic carbocycles. The molecule has 0 bridgehead atoms. The largest absolute Gasteiger partial charge is 0.394 e. The Bertz CT molecular complexity index is 520. The van der Waals surface area contributed by atoms with E-state index in [1.165, 1.54) is 19.2 Å². The number of halogens is 1. The van der Waals surface area contributed by atoms with Crippen LogP contribution in [0.25, 0.3) is 0 Å². The van der Waals surface area contributed by atoms with Crippen molar-refractivity contribution >= 4 is 17.6 Å². The number of nitrogens with zero attached hydrogens (tertiary/aromatic N) is 2. The first kappa shape index (κ1) is 14.2. The zero-order chi connectivity index (χ0) is 14.2. The summed E-state index contributed by atoms with van der Waals surface area (Å²) >= 11 is 5.32. The Hall–Kier alpha value is -1.19. The fourth-order valence-electron chi connectivity index (χ4n) is 2.03. The van der Waals surface area contributed by atoms with Crippen LogP contribution in [-0.2, 0) is 4.74 Å². The Balaban J connectivity index is 2.39. The lowest BCUT2D eigenvalue weighted by Crippen LogP contribution is -2.46. The van der Waals surface area contributed by atoms with E-state index in [4.69, 9.17) is 21.6 Å². The van der Waals surface area contributed by atoms with Gasteiger partial charge in [-0.2, -0.15) is 4.98 Å². The van der Waals surface area contributed by atoms with Gasteiger partial charge < -0.3 is 20.1 Å². The third-order valence-corrected chi connectivity index (χ3v) is 3.31. The van der Waals surface area contributed by atoms with Gasteiger partial charge in [-0.15, -0.1) is 0 Å². The van der Waals surface area contributed by atoms with Crippen molar-refractivity contribution in [3.05, 3.63) is 22.7 Å². The Morgan fingerprint density at radius 3 is 2.84 bits per heavy atom. The second kappa shape index (κ2) is 5.06. The van der Waals surface area contributed by atoms with Gasteiger partial charge in [0.05, 0.1) is 6.61 Å². The monoisotopic (exact) mass is 291 g/mol. The minimum absolute atomic E-state index is 0.153. The molecule has 0 amide bonds. The van der Waals surface area contributed by atoms with E-state index in [2.05, 4.69) is 9.82 Å². The number of aromatic nitrogens is 2. The van der Waals surface area contributed by atoms with Gasteiger partial charge in [0.15, 0.2) is 6.23 Å². The summed E-state index contributed by atoms with van der Waals surface area (Å²) in [6.07, 6.45) is -2.12. The molecule has 0 aromatic carbocycles. The molecule has 19 heavy (non-hydrogen) atoms. The quantitative estimate of drug-likeness (QED) is 0.517. The Morgan fingerprint density at radius 2 is 2.37 bits per heavy atom. The molecule has 1 aromatic heterocycles. The van der Waals surface area contributed by atoms with E-state index in [1.54, 1.807) is 0 Å². The average molecular weight is 292 g/mol. The number of anilines is 1. The van der Waals surface area contributed by atoms with Gasteiger partial charge in [-0.25, -0.2) is 4.79 Å². The minimum Gasteiger partial charge on any atom is -0.394 e. The Labute approximate surface area is 113 Å². The molecule has 1 saturated heterocycles. The maximum Gasteiger partial charge on any atom is 0.351 e. The highest BCUT2D eigenvalue weighted by atomic mass is 35.5. The third kappa shape index (κ3) is 2.33. The summed E-state index contributed by atoms with van der Waals surface area (Å²) in [5, 5.41) is 29.1. The number of hydrogen-bond acceptors (Lipinski definition) is 7. The summed E-state index contributed by atoms with van der Waals surface area (Å²) in [5.41, 5.74) is -2.43. The fourth-order valence-corrected chi connectivity index (χ4v) is 2.14. The molecule has 2 rings (SSSR count). The van der Waals surface area contributed by atoms with Crippen molar-refractivity contribution in [2.45, 2.75) is 31.0 Å². The van der Waals surface area contributed by atoms with Crippen molar-refractivity contribution in [3.63, 3.8) is 0 Å². The summed E-state index contributed by atoms with van der Waals surface area (Å²) in [5.74, 6) is 0.153. The van der Waals surface area contributed by atoms with Gasteiger partial charge in [0.1, 0.15) is 23.6 Å². The van der Waals surface area contributed by atoms with Crippen LogP contribution >= 0.6 is 11.8 Å². The maximum atomic E-state index is 11.8. The van der Waals surface area contributed by atoms with Crippen molar-refractivity contribution in [3.8, 4) is 0 Å². The number of rotatable bonds is 3. The highest BCUT2D eigenvalue weighted by Gasteiger charge is 2.53. The van der Waals surface area contributed by atoms with Crippen LogP contribution in [0.3, 0.4) is 0 Å². The molecule has 1 fully saturated rings. The number of hydrogen-bond donors (Lipinski definition) is 4. The molecule has 0 radical (unpaired) electrons. The van der Waals surface area contributed by atoms with Crippen molar-refractivity contribution in [1.82, 2.24) is 9.55 Å². The number of aliphatic hydroxyl groups is 3. The second-order valence-corrected chi connectivity index (χ2v) is 4.67. The molecule has 0 spiro atoms. The molecule has 1 aromatic rings. The predicted molar refractivity (Wildman–Crippen MR) is 65.6 cm³/mol. The van der Waals surface area contributed by atoms with E-state index in [0.29, 0.717) is 0 Å². The zero-order valence-electron chi connectivity index (χ0n) is 10.0. The van der Waals surface area contributed by atoms with Crippen LogP contribution in [0, 0.1) is 0 Å². The first-order valence-corrected chi connectivity index (χ1v) is 5.92. The molecule has 1 aliphatic heterocycles. The minimum atomic E-state index is -1.73. The molecule has 4 N–H and O–H groups in total. The summed E-state index contributed by atoms with van der Waals surface area (Å²) in [4.78, 5) is 17.6. The van der Waals surface area contributed by atoms with Crippen LogP contribution in [0.15, 0.2) is 17.1 Å². The number of nitrogens with one attached hydrogen (secondary N) is 1. The van der Waals surface area contributed by atoms with Gasteiger partial charge in [0.2, 0.25) is 0 Å². The molecule has 9 heteroatoms. The first-order valence-electron chi connectivity index (χ1n) is 5.54. The molecule has 106 valence electrons. The SMILES string of the molecule is CC1(O)C(O)[C@@H](CO)O[C@H]1n1ccc(NCl)nc1=O. The Morgan fingerprint density at radius 1 is 1.68 bits per heavy atom. The van der Waals surface area contributed by atoms with Gasteiger partial charge >= 0.3 is 5.69 Å². The standard InChI is InChI=1S/C10H14ClN3O5/c1-10(18)7(16)5(4-15)19-8(10)14-3-2-6(13-11)12-9(14)17/h2-3,5,7-8,15-16,18H,4H2,1H3,(H,12,13,17)/t5-,7?,8-,10?/m1/s1. The van der Waals surface area contributed by atoms with E-state index in [-0.39, 0.29) is 5.82 Å². The van der Waals surface area contributed by atoms with Crippen LogP contribution in [0.2, 0.25) is 0 Å². The van der Waals surface area contributed by atoms with E-state index < -0.39 is 36.3 Å². The topological polar surface area (TPSA) is 117 Å². The van der Waals surface area contributed by atoms with Gasteiger partial charge in [-0.05, 0) is 13.0 Å². The van der Waals surface area contributed by atoms with E-state index >= 15 is 0 Å². The van der Waals surface area contributed by atoms with Crippen molar-refractivity contribution in [1.29, 1.82) is 0 Å². The lowest BCUT2D eigenvalue weighted by Gasteiger charge is -2.27. The van der Waals surface area contributed by atoms with Gasteiger partial charge in [-0.1, -0.05) is 0 Å². The predicted octanol–water partition coefficient (Wildman–Crippen LogP) is -1.19. The molecular weight excluding hydrogens is 278 g/mol. The summed E-state index contributed by atoms with van der Waals surface area (Å²) in [6.45, 7) is 0.843. The summed E-state index contributed by atoms with van der Waals surface area (Å²) in [7, 11) is 0. The highest BCUT2D eigenvalue weighted by Crippen LogP contribution is 2.37.